The molecule has 0 atom stereocenters. The van der Waals surface area contributed by atoms with E-state index in [1.807, 2.05) is 37.2 Å². The molecule has 2 N–H and O–H groups in total. The highest BCUT2D eigenvalue weighted by Gasteiger charge is 2.10. The van der Waals surface area contributed by atoms with Crippen molar-refractivity contribution in [1.29, 1.82) is 0 Å². The zero-order valence-electron chi connectivity index (χ0n) is 10.1. The number of rotatable bonds is 4. The molecular weight excluding hydrogens is 288 g/mol. The van der Waals surface area contributed by atoms with E-state index in [4.69, 9.17) is 17.3 Å². The van der Waals surface area contributed by atoms with Crippen molar-refractivity contribution in [2.24, 2.45) is 5.73 Å². The highest BCUT2D eigenvalue weighted by atomic mass is 35.5. The minimum Gasteiger partial charge on any atom is -0.353 e. The predicted molar refractivity (Wildman–Crippen MR) is 77.7 cm³/mol. The van der Waals surface area contributed by atoms with Crippen LogP contribution in [0, 0.1) is 0 Å². The first-order valence-electron chi connectivity index (χ1n) is 5.27. The van der Waals surface area contributed by atoms with Gasteiger partial charge in [0.1, 0.15) is 0 Å². The van der Waals surface area contributed by atoms with Crippen LogP contribution in [0.3, 0.4) is 0 Å². The van der Waals surface area contributed by atoms with Gasteiger partial charge in [-0.15, -0.1) is 10.2 Å². The van der Waals surface area contributed by atoms with Crippen molar-refractivity contribution in [3.05, 3.63) is 28.8 Å². The second-order valence-electron chi connectivity index (χ2n) is 3.80. The van der Waals surface area contributed by atoms with Crippen LogP contribution in [0.4, 0.5) is 5.13 Å². The summed E-state index contributed by atoms with van der Waals surface area (Å²) in [4.78, 5) is 3.01. The average molecular weight is 301 g/mol. The fourth-order valence-electron chi connectivity index (χ4n) is 1.33. The lowest BCUT2D eigenvalue weighted by atomic mass is 10.2. The number of benzene rings is 1. The molecule has 2 aromatic rings. The van der Waals surface area contributed by atoms with Crippen molar-refractivity contribution in [1.82, 2.24) is 10.2 Å². The summed E-state index contributed by atoms with van der Waals surface area (Å²) in [6.45, 7) is 0.461. The molecule has 1 heterocycles. The summed E-state index contributed by atoms with van der Waals surface area (Å²) in [7, 11) is 3.89. The number of nitrogens with two attached hydrogens (primary N) is 1. The van der Waals surface area contributed by atoms with Crippen molar-refractivity contribution in [3.63, 3.8) is 0 Å². The maximum atomic E-state index is 5.95. The fraction of sp³-hybridized carbons (Fsp3) is 0.273. The normalized spacial score (nSPS) is 10.7. The Morgan fingerprint density at radius 3 is 2.78 bits per heavy atom. The third-order valence-electron chi connectivity index (χ3n) is 2.22. The Morgan fingerprint density at radius 2 is 2.17 bits per heavy atom. The van der Waals surface area contributed by atoms with Crippen LogP contribution in [0.5, 0.6) is 0 Å². The van der Waals surface area contributed by atoms with Crippen molar-refractivity contribution in [2.45, 2.75) is 15.8 Å². The highest BCUT2D eigenvalue weighted by molar-refractivity contribution is 8.01. The quantitative estimate of drug-likeness (QED) is 0.941. The monoisotopic (exact) mass is 300 g/mol. The highest BCUT2D eigenvalue weighted by Crippen LogP contribution is 2.35. The Hall–Kier alpha value is -0.820. The lowest BCUT2D eigenvalue weighted by molar-refractivity contribution is 0.970. The summed E-state index contributed by atoms with van der Waals surface area (Å²) in [5.74, 6) is 0. The fourth-order valence-corrected chi connectivity index (χ4v) is 3.36. The molecule has 0 spiro atoms. The van der Waals surface area contributed by atoms with E-state index in [2.05, 4.69) is 10.2 Å². The summed E-state index contributed by atoms with van der Waals surface area (Å²) in [6, 6.07) is 5.71. The van der Waals surface area contributed by atoms with Gasteiger partial charge in [-0.05, 0) is 23.8 Å². The molecule has 0 saturated heterocycles. The van der Waals surface area contributed by atoms with E-state index >= 15 is 0 Å². The van der Waals surface area contributed by atoms with Gasteiger partial charge in [0.2, 0.25) is 5.13 Å². The first-order chi connectivity index (χ1) is 8.60. The Bertz CT molecular complexity index is 542. The lowest BCUT2D eigenvalue weighted by Crippen LogP contribution is -2.07. The van der Waals surface area contributed by atoms with Gasteiger partial charge in [-0.1, -0.05) is 34.7 Å². The van der Waals surface area contributed by atoms with Crippen molar-refractivity contribution in [3.8, 4) is 0 Å². The molecule has 0 fully saturated rings. The van der Waals surface area contributed by atoms with E-state index in [0.717, 1.165) is 19.9 Å². The van der Waals surface area contributed by atoms with E-state index in [9.17, 15) is 0 Å². The smallest absolute Gasteiger partial charge is 0.208 e. The molecule has 18 heavy (non-hydrogen) atoms. The first-order valence-corrected chi connectivity index (χ1v) is 7.28. The number of halogens is 1. The van der Waals surface area contributed by atoms with Gasteiger partial charge >= 0.3 is 0 Å². The maximum absolute atomic E-state index is 5.95. The van der Waals surface area contributed by atoms with Gasteiger partial charge in [-0.3, -0.25) is 0 Å². The van der Waals surface area contributed by atoms with Crippen LogP contribution in [0.1, 0.15) is 5.56 Å². The van der Waals surface area contributed by atoms with Crippen LogP contribution >= 0.6 is 34.7 Å². The van der Waals surface area contributed by atoms with Crippen LogP contribution < -0.4 is 10.6 Å². The van der Waals surface area contributed by atoms with Crippen molar-refractivity contribution < 1.29 is 0 Å². The number of aromatic nitrogens is 2. The van der Waals surface area contributed by atoms with Crippen LogP contribution in [-0.2, 0) is 6.54 Å². The van der Waals surface area contributed by atoms with Gasteiger partial charge in [0.05, 0.1) is 0 Å². The van der Waals surface area contributed by atoms with E-state index in [1.54, 1.807) is 23.1 Å². The molecule has 0 aliphatic carbocycles. The molecule has 0 aliphatic heterocycles. The number of nitrogens with zero attached hydrogens (tertiary/aromatic N) is 3. The molecule has 0 amide bonds. The molecule has 0 aliphatic rings. The van der Waals surface area contributed by atoms with Crippen LogP contribution in [0.25, 0.3) is 0 Å². The number of anilines is 1. The molecule has 1 aromatic heterocycles. The average Bonchev–Trinajstić information content (AvgIpc) is 2.80. The Balaban J connectivity index is 2.22. The Labute approximate surface area is 119 Å². The van der Waals surface area contributed by atoms with Crippen molar-refractivity contribution in [2.75, 3.05) is 19.0 Å². The van der Waals surface area contributed by atoms with Gasteiger partial charge in [-0.2, -0.15) is 0 Å². The molecule has 7 heteroatoms. The number of hydrogen-bond acceptors (Lipinski definition) is 6. The zero-order chi connectivity index (χ0) is 13.1. The van der Waals surface area contributed by atoms with Gasteiger partial charge in [0.25, 0.3) is 0 Å². The predicted octanol–water partition coefficient (Wildman–Crippen LogP) is 2.87. The van der Waals surface area contributed by atoms with E-state index in [0.29, 0.717) is 11.6 Å². The summed E-state index contributed by atoms with van der Waals surface area (Å²) >= 11 is 9.06. The summed E-state index contributed by atoms with van der Waals surface area (Å²) in [5, 5.41) is 9.84. The second kappa shape index (κ2) is 5.88. The SMILES string of the molecule is CN(C)c1nnc(Sc2ccc(Cl)cc2CN)s1. The zero-order valence-corrected chi connectivity index (χ0v) is 12.4. The van der Waals surface area contributed by atoms with Crippen LogP contribution in [0.15, 0.2) is 27.4 Å². The summed E-state index contributed by atoms with van der Waals surface area (Å²) in [6.07, 6.45) is 0. The molecule has 2 rings (SSSR count). The largest absolute Gasteiger partial charge is 0.353 e. The summed E-state index contributed by atoms with van der Waals surface area (Å²) < 4.78 is 0.899. The number of hydrogen-bond donors (Lipinski definition) is 1. The standard InChI is InChI=1S/C11H13ClN4S2/c1-16(2)10-14-15-11(18-10)17-9-4-3-8(12)5-7(9)6-13/h3-5H,6,13H2,1-2H3. The third kappa shape index (κ3) is 3.14. The van der Waals surface area contributed by atoms with Gasteiger partial charge < -0.3 is 10.6 Å². The van der Waals surface area contributed by atoms with E-state index in [1.165, 1.54) is 0 Å². The van der Waals surface area contributed by atoms with Gasteiger partial charge in [-0.25, -0.2) is 0 Å². The van der Waals surface area contributed by atoms with Gasteiger partial charge in [0.15, 0.2) is 4.34 Å². The topological polar surface area (TPSA) is 55.0 Å². The summed E-state index contributed by atoms with van der Waals surface area (Å²) in [5.41, 5.74) is 6.74. The van der Waals surface area contributed by atoms with E-state index in [-0.39, 0.29) is 0 Å². The molecule has 0 unspecified atom stereocenters. The van der Waals surface area contributed by atoms with Crippen molar-refractivity contribution >= 4 is 39.8 Å². The van der Waals surface area contributed by atoms with E-state index < -0.39 is 0 Å². The molecule has 1 aromatic carbocycles. The molecular formula is C11H13ClN4S2. The minimum atomic E-state index is 0.461. The van der Waals surface area contributed by atoms with Gasteiger partial charge in [0, 0.05) is 30.6 Å². The van der Waals surface area contributed by atoms with Crippen LogP contribution in [0.2, 0.25) is 5.02 Å². The minimum absolute atomic E-state index is 0.461. The molecule has 0 radical (unpaired) electrons. The molecule has 0 saturated carbocycles. The lowest BCUT2D eigenvalue weighted by Gasteiger charge is -2.06. The molecule has 96 valence electrons. The third-order valence-corrected chi connectivity index (χ3v) is 4.71. The second-order valence-corrected chi connectivity index (χ2v) is 6.48. The first kappa shape index (κ1) is 13.6. The maximum Gasteiger partial charge on any atom is 0.208 e. The molecule has 4 nitrogen and oxygen atoms in total. The van der Waals surface area contributed by atoms with Crippen LogP contribution in [-0.4, -0.2) is 24.3 Å². The Morgan fingerprint density at radius 1 is 1.39 bits per heavy atom. The Kier molecular flexibility index (Phi) is 4.45. The molecule has 0 bridgehead atoms.